The minimum atomic E-state index is -1.67. The molecule has 36 heavy (non-hydrogen) atoms. The van der Waals surface area contributed by atoms with E-state index in [4.69, 9.17) is 0 Å². The Bertz CT molecular complexity index is 915. The summed E-state index contributed by atoms with van der Waals surface area (Å²) in [6.45, 7) is 6.10. The fraction of sp³-hybridized carbons (Fsp3) is 0.889. The number of aliphatic hydroxyl groups excluding tert-OH is 5. The topological polar surface area (TPSA) is 179 Å². The number of rotatable bonds is 6. The van der Waals surface area contributed by atoms with Gasteiger partial charge < -0.3 is 40.9 Å². The van der Waals surface area contributed by atoms with Crippen molar-refractivity contribution in [3.8, 4) is 0 Å². The van der Waals surface area contributed by atoms with E-state index >= 15 is 0 Å². The Morgan fingerprint density at radius 3 is 2.33 bits per heavy atom. The molecular weight excluding hydrogens is 468 g/mol. The molecule has 0 aromatic carbocycles. The highest BCUT2D eigenvalue weighted by Gasteiger charge is 2.71. The summed E-state index contributed by atoms with van der Waals surface area (Å²) < 4.78 is 0. The van der Waals surface area contributed by atoms with Crippen molar-refractivity contribution in [2.24, 2.45) is 28.6 Å². The van der Waals surface area contributed by atoms with Crippen molar-refractivity contribution >= 4 is 5.78 Å². The number of carbonyl (C=O) groups is 1. The van der Waals surface area contributed by atoms with Crippen molar-refractivity contribution < 1.29 is 45.6 Å². The normalized spacial score (nSPS) is 48.7. The van der Waals surface area contributed by atoms with Gasteiger partial charge in [0.15, 0.2) is 5.78 Å². The third kappa shape index (κ3) is 3.93. The molecule has 9 nitrogen and oxygen atoms in total. The van der Waals surface area contributed by atoms with Gasteiger partial charge in [-0.2, -0.15) is 0 Å². The molecule has 8 N–H and O–H groups in total. The lowest BCUT2D eigenvalue weighted by Crippen LogP contribution is -2.66. The van der Waals surface area contributed by atoms with Crippen molar-refractivity contribution in [3.63, 3.8) is 0 Å². The van der Waals surface area contributed by atoms with Gasteiger partial charge in [0.2, 0.25) is 0 Å². The van der Waals surface area contributed by atoms with Crippen LogP contribution in [0.1, 0.15) is 72.6 Å². The van der Waals surface area contributed by atoms with Crippen LogP contribution in [0.5, 0.6) is 0 Å². The van der Waals surface area contributed by atoms with Gasteiger partial charge in [0, 0.05) is 17.3 Å². The zero-order valence-electron chi connectivity index (χ0n) is 21.8. The lowest BCUT2D eigenvalue weighted by molar-refractivity contribution is -0.197. The van der Waals surface area contributed by atoms with E-state index in [2.05, 4.69) is 0 Å². The zero-order valence-corrected chi connectivity index (χ0v) is 21.8. The van der Waals surface area contributed by atoms with Gasteiger partial charge in [-0.3, -0.25) is 4.79 Å². The molecule has 0 aromatic heterocycles. The molecule has 12 unspecified atom stereocenters. The summed E-state index contributed by atoms with van der Waals surface area (Å²) in [6.07, 6.45) is -1.82. The summed E-state index contributed by atoms with van der Waals surface area (Å²) in [5.41, 5.74) is -6.06. The number of hydrogen-bond donors (Lipinski definition) is 8. The first-order valence-corrected chi connectivity index (χ1v) is 13.2. The highest BCUT2D eigenvalue weighted by atomic mass is 16.3. The molecule has 0 heterocycles. The molecule has 0 bridgehead atoms. The van der Waals surface area contributed by atoms with Gasteiger partial charge in [0.05, 0.1) is 47.8 Å². The van der Waals surface area contributed by atoms with Crippen LogP contribution in [0.15, 0.2) is 11.6 Å². The number of fused-ring (bicyclic) bond motifs is 5. The average Bonchev–Trinajstić information content (AvgIpc) is 3.05. The van der Waals surface area contributed by atoms with Crippen LogP contribution in [0.3, 0.4) is 0 Å². The first kappa shape index (κ1) is 28.1. The third-order valence-electron chi connectivity index (χ3n) is 10.7. The maximum absolute atomic E-state index is 13.3. The molecule has 4 aliphatic rings. The monoisotopic (exact) mass is 512 g/mol. The zero-order chi connectivity index (χ0) is 27.1. The van der Waals surface area contributed by atoms with Gasteiger partial charge in [0.1, 0.15) is 0 Å². The molecule has 3 saturated carbocycles. The molecule has 12 atom stereocenters. The second-order valence-electron chi connectivity index (χ2n) is 13.2. The van der Waals surface area contributed by atoms with Crippen LogP contribution < -0.4 is 0 Å². The fourth-order valence-corrected chi connectivity index (χ4v) is 8.48. The lowest BCUT2D eigenvalue weighted by atomic mass is 9.45. The summed E-state index contributed by atoms with van der Waals surface area (Å²) in [5, 5.41) is 86.4. The standard InChI is InChI=1S/C27H44O9/c1-23(34,13-28)7-6-21(33)26(4,35)20-5-8-27(36)15-10-16(29)14-9-17(30)18(31)11-24(14,2)22(15)19(32)12-25(20,27)3/h10,14,17-22,28,30-36H,5-9,11-13H2,1-4H3. The van der Waals surface area contributed by atoms with E-state index in [1.165, 1.54) is 19.9 Å². The SMILES string of the molecule is CC(O)(CO)CCC(O)C(C)(O)C1CCC2(O)C3=CC(=O)C4CC(O)C(O)CC4(C)C3C(O)CC12C. The highest BCUT2D eigenvalue weighted by molar-refractivity contribution is 5.95. The minimum Gasteiger partial charge on any atom is -0.393 e. The van der Waals surface area contributed by atoms with E-state index in [0.29, 0.717) is 12.0 Å². The Hall–Kier alpha value is -0.910. The van der Waals surface area contributed by atoms with Gasteiger partial charge >= 0.3 is 0 Å². The molecule has 4 aliphatic carbocycles. The van der Waals surface area contributed by atoms with Crippen LogP contribution in [0, 0.1) is 28.6 Å². The van der Waals surface area contributed by atoms with Crippen LogP contribution in [-0.4, -0.2) is 94.5 Å². The van der Waals surface area contributed by atoms with E-state index in [1.807, 2.05) is 6.92 Å². The Balaban J connectivity index is 1.69. The number of carbonyl (C=O) groups excluding carboxylic acids is 1. The molecule has 0 saturated heterocycles. The summed E-state index contributed by atoms with van der Waals surface area (Å²) >= 11 is 0. The third-order valence-corrected chi connectivity index (χ3v) is 10.7. The molecule has 0 radical (unpaired) electrons. The molecule has 3 fully saturated rings. The second kappa shape index (κ2) is 8.81. The molecule has 0 amide bonds. The largest absolute Gasteiger partial charge is 0.393 e. The Morgan fingerprint density at radius 2 is 1.72 bits per heavy atom. The van der Waals surface area contributed by atoms with Crippen molar-refractivity contribution in [1.82, 2.24) is 0 Å². The molecule has 0 aliphatic heterocycles. The van der Waals surface area contributed by atoms with Gasteiger partial charge in [-0.1, -0.05) is 13.8 Å². The van der Waals surface area contributed by atoms with Crippen LogP contribution in [0.4, 0.5) is 0 Å². The number of aliphatic hydroxyl groups is 8. The van der Waals surface area contributed by atoms with Crippen molar-refractivity contribution in [3.05, 3.63) is 11.6 Å². The second-order valence-corrected chi connectivity index (χ2v) is 13.2. The van der Waals surface area contributed by atoms with Gasteiger partial charge in [-0.05, 0) is 81.8 Å². The van der Waals surface area contributed by atoms with Gasteiger partial charge in [-0.25, -0.2) is 0 Å². The number of ketones is 1. The first-order valence-electron chi connectivity index (χ1n) is 13.2. The number of hydrogen-bond acceptors (Lipinski definition) is 9. The van der Waals surface area contributed by atoms with E-state index in [9.17, 15) is 45.6 Å². The molecule has 4 rings (SSSR count). The van der Waals surface area contributed by atoms with E-state index < -0.39 is 76.4 Å². The minimum absolute atomic E-state index is 0.0257. The van der Waals surface area contributed by atoms with Crippen molar-refractivity contribution in [2.75, 3.05) is 6.61 Å². The summed E-state index contributed by atoms with van der Waals surface area (Å²) in [4.78, 5) is 13.3. The van der Waals surface area contributed by atoms with E-state index in [-0.39, 0.29) is 44.3 Å². The predicted molar refractivity (Wildman–Crippen MR) is 129 cm³/mol. The summed E-state index contributed by atoms with van der Waals surface area (Å²) in [6, 6.07) is 0. The quantitative estimate of drug-likeness (QED) is 0.239. The lowest BCUT2D eigenvalue weighted by Gasteiger charge is -2.62. The van der Waals surface area contributed by atoms with Crippen molar-refractivity contribution in [2.45, 2.75) is 114 Å². The first-order chi connectivity index (χ1) is 16.4. The Morgan fingerprint density at radius 1 is 1.08 bits per heavy atom. The molecule has 206 valence electrons. The van der Waals surface area contributed by atoms with Crippen molar-refractivity contribution in [1.29, 1.82) is 0 Å². The Kier molecular flexibility index (Phi) is 6.88. The molecular formula is C27H44O9. The van der Waals surface area contributed by atoms with Crippen LogP contribution in [0.25, 0.3) is 0 Å². The van der Waals surface area contributed by atoms with Gasteiger partial charge in [-0.15, -0.1) is 0 Å². The van der Waals surface area contributed by atoms with Crippen LogP contribution >= 0.6 is 0 Å². The highest BCUT2D eigenvalue weighted by Crippen LogP contribution is 2.68. The summed E-state index contributed by atoms with van der Waals surface area (Å²) in [7, 11) is 0. The molecule has 9 heteroatoms. The Labute approximate surface area is 212 Å². The molecule has 0 spiro atoms. The maximum Gasteiger partial charge on any atom is 0.159 e. The van der Waals surface area contributed by atoms with Crippen LogP contribution in [-0.2, 0) is 4.79 Å². The van der Waals surface area contributed by atoms with Gasteiger partial charge in [0.25, 0.3) is 0 Å². The van der Waals surface area contributed by atoms with Crippen LogP contribution in [0.2, 0.25) is 0 Å². The fourth-order valence-electron chi connectivity index (χ4n) is 8.48. The van der Waals surface area contributed by atoms with E-state index in [1.54, 1.807) is 6.92 Å². The smallest absolute Gasteiger partial charge is 0.159 e. The maximum atomic E-state index is 13.3. The molecule has 0 aromatic rings. The number of allylic oxidation sites excluding steroid dienone is 1. The average molecular weight is 513 g/mol. The summed E-state index contributed by atoms with van der Waals surface area (Å²) in [5.74, 6) is -2.02. The predicted octanol–water partition coefficient (Wildman–Crippen LogP) is -0.203. The van der Waals surface area contributed by atoms with E-state index in [0.717, 1.165) is 0 Å².